The van der Waals surface area contributed by atoms with Crippen LogP contribution >= 0.6 is 0 Å². The summed E-state index contributed by atoms with van der Waals surface area (Å²) in [5.74, 6) is 1.40. The molecule has 1 heterocycles. The second-order valence-corrected chi connectivity index (χ2v) is 3.02. The molecule has 1 aromatic carbocycles. The zero-order valence-corrected chi connectivity index (χ0v) is 7.90. The number of aryl methyl sites for hydroxylation is 1. The predicted molar refractivity (Wildman–Crippen MR) is 54.3 cm³/mol. The van der Waals surface area contributed by atoms with Crippen molar-refractivity contribution >= 4 is 0 Å². The van der Waals surface area contributed by atoms with Crippen molar-refractivity contribution in [2.75, 3.05) is 0 Å². The van der Waals surface area contributed by atoms with E-state index in [1.807, 2.05) is 31.2 Å². The Bertz CT molecular complexity index is 412. The Morgan fingerprint density at radius 3 is 2.93 bits per heavy atom. The highest BCUT2D eigenvalue weighted by Gasteiger charge is 1.96. The van der Waals surface area contributed by atoms with Gasteiger partial charge in [0.25, 0.3) is 0 Å². The molecule has 1 aromatic heterocycles. The Hall–Kier alpha value is -1.83. The molecule has 0 aliphatic carbocycles. The first-order chi connectivity index (χ1) is 6.84. The Morgan fingerprint density at radius 2 is 2.21 bits per heavy atom. The van der Waals surface area contributed by atoms with Crippen molar-refractivity contribution in [3.05, 3.63) is 54.2 Å². The van der Waals surface area contributed by atoms with E-state index in [-0.39, 0.29) is 0 Å². The second kappa shape index (κ2) is 3.92. The molecule has 69 valence electrons. The van der Waals surface area contributed by atoms with Gasteiger partial charge in [-0.3, -0.25) is 0 Å². The van der Waals surface area contributed by atoms with Crippen molar-refractivity contribution in [2.24, 2.45) is 0 Å². The molecule has 2 rings (SSSR count). The molecule has 2 heteroatoms. The number of benzene rings is 1. The molecular weight excluding hydrogens is 174 g/mol. The smallest absolute Gasteiger partial charge is 0.219 e. The van der Waals surface area contributed by atoms with Crippen molar-refractivity contribution in [3.8, 4) is 11.6 Å². The van der Waals surface area contributed by atoms with Gasteiger partial charge in [-0.1, -0.05) is 12.1 Å². The summed E-state index contributed by atoms with van der Waals surface area (Å²) in [6.45, 7) is 2.03. The Kier molecular flexibility index (Phi) is 2.45. The van der Waals surface area contributed by atoms with Gasteiger partial charge in [0.2, 0.25) is 5.88 Å². The summed E-state index contributed by atoms with van der Waals surface area (Å²) in [6.07, 6.45) is 1.59. The number of ether oxygens (including phenoxy) is 1. The zero-order chi connectivity index (χ0) is 9.80. The van der Waals surface area contributed by atoms with Gasteiger partial charge in [-0.05, 0) is 30.7 Å². The average molecular weight is 184 g/mol. The van der Waals surface area contributed by atoms with Crippen LogP contribution in [0.1, 0.15) is 5.56 Å². The van der Waals surface area contributed by atoms with E-state index in [1.165, 1.54) is 5.56 Å². The number of nitrogens with zero attached hydrogens (tertiary/aromatic N) is 1. The van der Waals surface area contributed by atoms with E-state index in [1.54, 1.807) is 18.3 Å². The molecule has 0 N–H and O–H groups in total. The fraction of sp³-hybridized carbons (Fsp3) is 0.0833. The van der Waals surface area contributed by atoms with E-state index >= 15 is 0 Å². The number of rotatable bonds is 2. The van der Waals surface area contributed by atoms with Crippen molar-refractivity contribution in [1.29, 1.82) is 0 Å². The van der Waals surface area contributed by atoms with Gasteiger partial charge in [-0.2, -0.15) is 0 Å². The normalized spacial score (nSPS) is 9.79. The minimum atomic E-state index is 0.592. The lowest BCUT2D eigenvalue weighted by Crippen LogP contribution is -1.86. The van der Waals surface area contributed by atoms with E-state index in [4.69, 9.17) is 4.74 Å². The van der Waals surface area contributed by atoms with Crippen LogP contribution in [0.15, 0.2) is 42.6 Å². The van der Waals surface area contributed by atoms with Crippen LogP contribution in [0, 0.1) is 13.0 Å². The summed E-state index contributed by atoms with van der Waals surface area (Å²) < 4.78 is 5.53. The van der Waals surface area contributed by atoms with Crippen molar-refractivity contribution in [3.63, 3.8) is 0 Å². The van der Waals surface area contributed by atoms with Crippen molar-refractivity contribution in [1.82, 2.24) is 4.98 Å². The number of aromatic nitrogens is 1. The van der Waals surface area contributed by atoms with Gasteiger partial charge in [-0.15, -0.1) is 0 Å². The highest BCUT2D eigenvalue weighted by atomic mass is 16.5. The summed E-state index contributed by atoms with van der Waals surface area (Å²) in [4.78, 5) is 4.03. The molecule has 1 radical (unpaired) electrons. The molecule has 0 atom stereocenters. The molecule has 2 nitrogen and oxygen atoms in total. The molecule has 0 unspecified atom stereocenters. The maximum absolute atomic E-state index is 5.53. The maximum atomic E-state index is 5.53. The fourth-order valence-electron chi connectivity index (χ4n) is 1.17. The molecule has 0 aliphatic heterocycles. The minimum absolute atomic E-state index is 0.592. The predicted octanol–water partition coefficient (Wildman–Crippen LogP) is 2.98. The molecule has 0 amide bonds. The standard InChI is InChI=1S/C12H10NO/c1-10-5-4-6-11(9-10)14-12-7-2-3-8-13-12/h2,4-9H,1H3. The Balaban J connectivity index is 2.19. The molecule has 2 aromatic rings. The van der Waals surface area contributed by atoms with Gasteiger partial charge >= 0.3 is 0 Å². The van der Waals surface area contributed by atoms with Crippen molar-refractivity contribution < 1.29 is 4.74 Å². The molecular formula is C12H10NO. The third-order valence-corrected chi connectivity index (χ3v) is 1.80. The largest absolute Gasteiger partial charge is 0.439 e. The average Bonchev–Trinajstić information content (AvgIpc) is 2.19. The number of hydrogen-bond acceptors (Lipinski definition) is 2. The first-order valence-electron chi connectivity index (χ1n) is 4.41. The molecule has 0 saturated heterocycles. The monoisotopic (exact) mass is 184 g/mol. The quantitative estimate of drug-likeness (QED) is 0.715. The van der Waals surface area contributed by atoms with Gasteiger partial charge in [0.05, 0.1) is 0 Å². The molecule has 0 bridgehead atoms. The number of hydrogen-bond donors (Lipinski definition) is 0. The lowest BCUT2D eigenvalue weighted by atomic mass is 10.2. The van der Waals surface area contributed by atoms with Gasteiger partial charge in [0.15, 0.2) is 0 Å². The summed E-state index contributed by atoms with van der Waals surface area (Å²) >= 11 is 0. The van der Waals surface area contributed by atoms with Crippen molar-refractivity contribution in [2.45, 2.75) is 6.92 Å². The molecule has 0 aliphatic rings. The molecule has 0 spiro atoms. The van der Waals surface area contributed by atoms with Crippen LogP contribution in [0.2, 0.25) is 0 Å². The van der Waals surface area contributed by atoms with Crippen LogP contribution in [0.25, 0.3) is 0 Å². The SMILES string of the molecule is Cc1cccc(Oc2cc[c]cn2)c1. The first-order valence-corrected chi connectivity index (χ1v) is 4.41. The summed E-state index contributed by atoms with van der Waals surface area (Å²) in [5.41, 5.74) is 1.17. The van der Waals surface area contributed by atoms with Crippen LogP contribution in [0.3, 0.4) is 0 Å². The van der Waals surface area contributed by atoms with Crippen LogP contribution in [-0.4, -0.2) is 4.98 Å². The van der Waals surface area contributed by atoms with Gasteiger partial charge < -0.3 is 4.74 Å². The van der Waals surface area contributed by atoms with Crippen LogP contribution < -0.4 is 4.74 Å². The molecule has 0 fully saturated rings. The van der Waals surface area contributed by atoms with E-state index in [0.29, 0.717) is 5.88 Å². The highest BCUT2D eigenvalue weighted by molar-refractivity contribution is 5.30. The third-order valence-electron chi connectivity index (χ3n) is 1.80. The molecule has 0 saturated carbocycles. The summed E-state index contributed by atoms with van der Waals surface area (Å²) in [7, 11) is 0. The minimum Gasteiger partial charge on any atom is -0.439 e. The van der Waals surface area contributed by atoms with E-state index in [9.17, 15) is 0 Å². The maximum Gasteiger partial charge on any atom is 0.219 e. The highest BCUT2D eigenvalue weighted by Crippen LogP contribution is 2.19. The van der Waals surface area contributed by atoms with Crippen LogP contribution in [0.5, 0.6) is 11.6 Å². The Morgan fingerprint density at radius 1 is 1.29 bits per heavy atom. The Labute approximate surface area is 83.2 Å². The third kappa shape index (κ3) is 2.10. The first kappa shape index (κ1) is 8.75. The summed E-state index contributed by atoms with van der Waals surface area (Å²) in [6, 6.07) is 14.3. The molecule has 14 heavy (non-hydrogen) atoms. The lowest BCUT2D eigenvalue weighted by molar-refractivity contribution is 0.462. The lowest BCUT2D eigenvalue weighted by Gasteiger charge is -2.03. The summed E-state index contributed by atoms with van der Waals surface area (Å²) in [5, 5.41) is 0. The number of pyridine rings is 1. The zero-order valence-electron chi connectivity index (χ0n) is 7.90. The fourth-order valence-corrected chi connectivity index (χ4v) is 1.17. The van der Waals surface area contributed by atoms with Gasteiger partial charge in [0, 0.05) is 18.3 Å². The van der Waals surface area contributed by atoms with Gasteiger partial charge in [0.1, 0.15) is 5.75 Å². The van der Waals surface area contributed by atoms with Gasteiger partial charge in [-0.25, -0.2) is 4.98 Å². The van der Waals surface area contributed by atoms with E-state index < -0.39 is 0 Å². The van der Waals surface area contributed by atoms with E-state index in [2.05, 4.69) is 11.1 Å². The van der Waals surface area contributed by atoms with E-state index in [0.717, 1.165) is 5.75 Å². The van der Waals surface area contributed by atoms with Crippen LogP contribution in [-0.2, 0) is 0 Å². The topological polar surface area (TPSA) is 22.1 Å². The second-order valence-electron chi connectivity index (χ2n) is 3.02. The van der Waals surface area contributed by atoms with Crippen LogP contribution in [0.4, 0.5) is 0 Å².